The van der Waals surface area contributed by atoms with E-state index in [2.05, 4.69) is 9.98 Å². The summed E-state index contributed by atoms with van der Waals surface area (Å²) in [6, 6.07) is 10.5. The molecule has 2 rings (SSSR count). The fourth-order valence-electron chi connectivity index (χ4n) is 1.31. The van der Waals surface area contributed by atoms with Crippen molar-refractivity contribution in [3.63, 3.8) is 0 Å². The van der Waals surface area contributed by atoms with Crippen LogP contribution in [0.4, 0.5) is 5.69 Å². The van der Waals surface area contributed by atoms with Crippen molar-refractivity contribution < 1.29 is 4.79 Å². The molecule has 0 aliphatic rings. The standard InChI is InChI=1S/C13H11N3O/c14-13(17)11-1-3-12(4-2-11)16-9-10-5-7-15-8-6-10/h1-9H,(H2,14,17). The van der Waals surface area contributed by atoms with Crippen molar-refractivity contribution in [1.29, 1.82) is 0 Å². The largest absolute Gasteiger partial charge is 0.366 e. The quantitative estimate of drug-likeness (QED) is 0.811. The Balaban J connectivity index is 2.14. The van der Waals surface area contributed by atoms with Gasteiger partial charge in [-0.2, -0.15) is 0 Å². The van der Waals surface area contributed by atoms with Crippen LogP contribution in [0.2, 0.25) is 0 Å². The molecule has 2 aromatic rings. The number of rotatable bonds is 3. The number of aromatic nitrogens is 1. The molecule has 0 aliphatic carbocycles. The number of hydrogen-bond donors (Lipinski definition) is 1. The number of aliphatic imine (C=N–C) groups is 1. The average Bonchev–Trinajstić information content (AvgIpc) is 2.38. The first-order valence-electron chi connectivity index (χ1n) is 5.10. The maximum Gasteiger partial charge on any atom is 0.248 e. The van der Waals surface area contributed by atoms with E-state index in [0.29, 0.717) is 5.56 Å². The number of amides is 1. The zero-order chi connectivity index (χ0) is 12.1. The first-order chi connectivity index (χ1) is 8.25. The maximum absolute atomic E-state index is 10.9. The lowest BCUT2D eigenvalue weighted by Gasteiger charge is -1.96. The summed E-state index contributed by atoms with van der Waals surface area (Å²) in [5.41, 5.74) is 7.37. The fourth-order valence-corrected chi connectivity index (χ4v) is 1.31. The molecular weight excluding hydrogens is 214 g/mol. The van der Waals surface area contributed by atoms with Crippen LogP contribution in [-0.2, 0) is 0 Å². The highest BCUT2D eigenvalue weighted by atomic mass is 16.1. The van der Waals surface area contributed by atoms with Crippen LogP contribution in [0.3, 0.4) is 0 Å². The predicted octanol–water partition coefficient (Wildman–Crippen LogP) is 1.93. The fraction of sp³-hybridized carbons (Fsp3) is 0. The minimum absolute atomic E-state index is 0.435. The summed E-state index contributed by atoms with van der Waals surface area (Å²) in [6.07, 6.45) is 5.15. The molecule has 0 unspecified atom stereocenters. The number of benzene rings is 1. The molecular formula is C13H11N3O. The van der Waals surface area contributed by atoms with Crippen LogP contribution in [0.15, 0.2) is 53.8 Å². The molecule has 0 saturated carbocycles. The number of nitrogens with zero attached hydrogens (tertiary/aromatic N) is 2. The second-order valence-corrected chi connectivity index (χ2v) is 3.45. The van der Waals surface area contributed by atoms with Crippen LogP contribution in [0.25, 0.3) is 0 Å². The van der Waals surface area contributed by atoms with Crippen molar-refractivity contribution in [2.45, 2.75) is 0 Å². The van der Waals surface area contributed by atoms with E-state index < -0.39 is 5.91 Å². The van der Waals surface area contributed by atoms with Gasteiger partial charge in [-0.3, -0.25) is 14.8 Å². The van der Waals surface area contributed by atoms with Crippen molar-refractivity contribution in [1.82, 2.24) is 4.98 Å². The number of carbonyl (C=O) groups excluding carboxylic acids is 1. The van der Waals surface area contributed by atoms with Gasteiger partial charge in [0.15, 0.2) is 0 Å². The van der Waals surface area contributed by atoms with Gasteiger partial charge in [0.1, 0.15) is 0 Å². The monoisotopic (exact) mass is 225 g/mol. The number of hydrogen-bond acceptors (Lipinski definition) is 3. The molecule has 0 fully saturated rings. The number of primary amides is 1. The van der Waals surface area contributed by atoms with Gasteiger partial charge in [-0.15, -0.1) is 0 Å². The van der Waals surface area contributed by atoms with E-state index in [1.807, 2.05) is 12.1 Å². The lowest BCUT2D eigenvalue weighted by molar-refractivity contribution is 0.100. The van der Waals surface area contributed by atoms with Gasteiger partial charge < -0.3 is 5.73 Å². The van der Waals surface area contributed by atoms with Crippen molar-refractivity contribution in [3.8, 4) is 0 Å². The molecule has 84 valence electrons. The molecule has 1 aromatic carbocycles. The van der Waals surface area contributed by atoms with Gasteiger partial charge in [0, 0.05) is 24.2 Å². The summed E-state index contributed by atoms with van der Waals surface area (Å²) < 4.78 is 0. The van der Waals surface area contributed by atoms with Gasteiger partial charge in [0.25, 0.3) is 0 Å². The van der Waals surface area contributed by atoms with E-state index in [1.165, 1.54) is 0 Å². The molecule has 1 amide bonds. The van der Waals surface area contributed by atoms with E-state index in [-0.39, 0.29) is 0 Å². The second-order valence-electron chi connectivity index (χ2n) is 3.45. The number of carbonyl (C=O) groups is 1. The van der Waals surface area contributed by atoms with Gasteiger partial charge >= 0.3 is 0 Å². The van der Waals surface area contributed by atoms with Crippen LogP contribution < -0.4 is 5.73 Å². The van der Waals surface area contributed by atoms with Crippen molar-refractivity contribution in [2.75, 3.05) is 0 Å². The van der Waals surface area contributed by atoms with Crippen LogP contribution >= 0.6 is 0 Å². The summed E-state index contributed by atoms with van der Waals surface area (Å²) >= 11 is 0. The summed E-state index contributed by atoms with van der Waals surface area (Å²) in [6.45, 7) is 0. The Morgan fingerprint density at radius 2 is 1.76 bits per heavy atom. The molecule has 1 aromatic heterocycles. The van der Waals surface area contributed by atoms with Crippen LogP contribution in [0.1, 0.15) is 15.9 Å². The van der Waals surface area contributed by atoms with Gasteiger partial charge in [0.05, 0.1) is 5.69 Å². The van der Waals surface area contributed by atoms with Crippen molar-refractivity contribution in [2.24, 2.45) is 10.7 Å². The average molecular weight is 225 g/mol. The lowest BCUT2D eigenvalue weighted by atomic mass is 10.2. The minimum atomic E-state index is -0.435. The second kappa shape index (κ2) is 5.03. The third-order valence-corrected chi connectivity index (χ3v) is 2.22. The lowest BCUT2D eigenvalue weighted by Crippen LogP contribution is -2.10. The molecule has 2 N–H and O–H groups in total. The molecule has 4 nitrogen and oxygen atoms in total. The Morgan fingerprint density at radius 1 is 1.12 bits per heavy atom. The predicted molar refractivity (Wildman–Crippen MR) is 66.5 cm³/mol. The Kier molecular flexibility index (Phi) is 3.25. The zero-order valence-electron chi connectivity index (χ0n) is 9.08. The molecule has 0 atom stereocenters. The topological polar surface area (TPSA) is 68.3 Å². The first kappa shape index (κ1) is 11.0. The van der Waals surface area contributed by atoms with Gasteiger partial charge in [-0.05, 0) is 42.0 Å². The number of nitrogens with two attached hydrogens (primary N) is 1. The summed E-state index contributed by atoms with van der Waals surface area (Å²) in [5, 5.41) is 0. The normalized spacial score (nSPS) is 10.6. The van der Waals surface area contributed by atoms with Gasteiger partial charge in [-0.1, -0.05) is 0 Å². The number of pyridine rings is 1. The Bertz CT molecular complexity index is 532. The van der Waals surface area contributed by atoms with E-state index in [9.17, 15) is 4.79 Å². The zero-order valence-corrected chi connectivity index (χ0v) is 9.08. The van der Waals surface area contributed by atoms with E-state index in [0.717, 1.165) is 11.3 Å². The minimum Gasteiger partial charge on any atom is -0.366 e. The van der Waals surface area contributed by atoms with E-state index in [1.54, 1.807) is 42.9 Å². The first-order valence-corrected chi connectivity index (χ1v) is 5.10. The molecule has 17 heavy (non-hydrogen) atoms. The Morgan fingerprint density at radius 3 is 2.35 bits per heavy atom. The Labute approximate surface area is 98.8 Å². The summed E-state index contributed by atoms with van der Waals surface area (Å²) in [4.78, 5) is 19.1. The molecule has 0 aliphatic heterocycles. The van der Waals surface area contributed by atoms with Crippen molar-refractivity contribution >= 4 is 17.8 Å². The van der Waals surface area contributed by atoms with E-state index in [4.69, 9.17) is 5.73 Å². The molecule has 1 heterocycles. The van der Waals surface area contributed by atoms with Crippen molar-refractivity contribution in [3.05, 3.63) is 59.9 Å². The highest BCUT2D eigenvalue weighted by Gasteiger charge is 1.98. The SMILES string of the molecule is NC(=O)c1ccc(N=Cc2ccncc2)cc1. The highest BCUT2D eigenvalue weighted by Crippen LogP contribution is 2.12. The maximum atomic E-state index is 10.9. The summed E-state index contributed by atoms with van der Waals surface area (Å²) in [7, 11) is 0. The molecule has 0 saturated heterocycles. The Hall–Kier alpha value is -2.49. The highest BCUT2D eigenvalue weighted by molar-refractivity contribution is 5.93. The third kappa shape index (κ3) is 2.98. The molecule has 0 radical (unpaired) electrons. The van der Waals surface area contributed by atoms with Crippen LogP contribution in [0, 0.1) is 0 Å². The molecule has 0 spiro atoms. The van der Waals surface area contributed by atoms with Gasteiger partial charge in [0.2, 0.25) is 5.91 Å². The van der Waals surface area contributed by atoms with Crippen LogP contribution in [0.5, 0.6) is 0 Å². The molecule has 0 bridgehead atoms. The van der Waals surface area contributed by atoms with E-state index >= 15 is 0 Å². The smallest absolute Gasteiger partial charge is 0.248 e. The molecule has 4 heteroatoms. The van der Waals surface area contributed by atoms with Gasteiger partial charge in [-0.25, -0.2) is 0 Å². The van der Waals surface area contributed by atoms with Crippen LogP contribution in [-0.4, -0.2) is 17.1 Å². The third-order valence-electron chi connectivity index (χ3n) is 2.22. The summed E-state index contributed by atoms with van der Waals surface area (Å²) in [5.74, 6) is -0.435.